The van der Waals surface area contributed by atoms with Gasteiger partial charge < -0.3 is 4.90 Å². The van der Waals surface area contributed by atoms with Gasteiger partial charge in [-0.1, -0.05) is 6.07 Å². The third kappa shape index (κ3) is 3.49. The molecule has 27 heavy (non-hydrogen) atoms. The van der Waals surface area contributed by atoms with E-state index < -0.39 is 10.0 Å². The van der Waals surface area contributed by atoms with Crippen LogP contribution < -0.4 is 9.62 Å². The topological polar surface area (TPSA) is 79.4 Å². The molecule has 0 bridgehead atoms. The third-order valence-corrected chi connectivity index (χ3v) is 6.19. The van der Waals surface area contributed by atoms with Gasteiger partial charge in [0, 0.05) is 43.2 Å². The van der Waals surface area contributed by atoms with Crippen LogP contribution in [0.4, 0.5) is 5.69 Å². The number of nitrogens with zero attached hydrogens (tertiary/aromatic N) is 2. The lowest BCUT2D eigenvalue weighted by Crippen LogP contribution is -2.31. The molecule has 0 fully saturated rings. The number of carbonyl (C=O) groups excluding carboxylic acids is 1. The van der Waals surface area contributed by atoms with Crippen LogP contribution in [0.15, 0.2) is 30.6 Å². The van der Waals surface area contributed by atoms with Gasteiger partial charge in [-0.25, -0.2) is 13.1 Å². The molecule has 1 aliphatic carbocycles. The Bertz CT molecular complexity index is 1020. The molecular formula is C20H23N3O3S. The fourth-order valence-corrected chi connectivity index (χ4v) is 4.94. The predicted molar refractivity (Wildman–Crippen MR) is 105 cm³/mol. The molecule has 0 spiro atoms. The van der Waals surface area contributed by atoms with E-state index in [9.17, 15) is 13.2 Å². The van der Waals surface area contributed by atoms with Crippen molar-refractivity contribution < 1.29 is 13.2 Å². The first-order chi connectivity index (χ1) is 12.8. The van der Waals surface area contributed by atoms with Crippen LogP contribution in [0.2, 0.25) is 0 Å². The van der Waals surface area contributed by atoms with Gasteiger partial charge in [-0.2, -0.15) is 0 Å². The smallest absolute Gasteiger partial charge is 0.227 e. The molecule has 1 N–H and O–H groups in total. The number of aromatic nitrogens is 1. The standard InChI is InChI=1S/C20H23N3O3S/c1-23-19-8-6-13(10-14(19)7-9-20(23)24)16-11-21-12-17-15(16)4-3-5-18(17)22-27(2,25)26/h6,8,10-12,18,22H,3-5,7,9H2,1-2H3/t18-/m1/s1. The molecular weight excluding hydrogens is 362 g/mol. The van der Waals surface area contributed by atoms with Crippen LogP contribution in [-0.4, -0.2) is 32.6 Å². The fraction of sp³-hybridized carbons (Fsp3) is 0.400. The number of rotatable bonds is 3. The highest BCUT2D eigenvalue weighted by Gasteiger charge is 2.26. The van der Waals surface area contributed by atoms with Gasteiger partial charge in [0.05, 0.1) is 6.26 Å². The largest absolute Gasteiger partial charge is 0.315 e. The summed E-state index contributed by atoms with van der Waals surface area (Å²) in [6.07, 6.45) is 8.73. The molecule has 2 aliphatic rings. The Morgan fingerprint density at radius 2 is 2.00 bits per heavy atom. The maximum absolute atomic E-state index is 11.9. The van der Waals surface area contributed by atoms with Gasteiger partial charge in [0.25, 0.3) is 0 Å². The number of aryl methyl sites for hydroxylation is 1. The SMILES string of the molecule is CN1C(=O)CCc2cc(-c3cncc4c3CCC[C@H]4NS(C)(=O)=O)ccc21. The Balaban J connectivity index is 1.76. The second kappa shape index (κ2) is 6.73. The molecule has 0 saturated heterocycles. The highest BCUT2D eigenvalue weighted by atomic mass is 32.2. The summed E-state index contributed by atoms with van der Waals surface area (Å²) in [5.41, 5.74) is 6.38. The van der Waals surface area contributed by atoms with E-state index in [0.717, 1.165) is 59.2 Å². The minimum absolute atomic E-state index is 0.142. The van der Waals surface area contributed by atoms with Crippen molar-refractivity contribution in [3.63, 3.8) is 0 Å². The van der Waals surface area contributed by atoms with Crippen LogP contribution in [-0.2, 0) is 27.7 Å². The molecule has 1 aromatic heterocycles. The molecule has 7 heteroatoms. The first kappa shape index (κ1) is 18.1. The fourth-order valence-electron chi connectivity index (χ4n) is 4.17. The average molecular weight is 385 g/mol. The number of hydrogen-bond acceptors (Lipinski definition) is 4. The third-order valence-electron chi connectivity index (χ3n) is 5.48. The van der Waals surface area contributed by atoms with Crippen LogP contribution in [0, 0.1) is 0 Å². The molecule has 2 aromatic rings. The van der Waals surface area contributed by atoms with Crippen LogP contribution in [0.1, 0.15) is 42.0 Å². The molecule has 2 heterocycles. The summed E-state index contributed by atoms with van der Waals surface area (Å²) in [6, 6.07) is 5.94. The van der Waals surface area contributed by atoms with Crippen molar-refractivity contribution in [1.29, 1.82) is 0 Å². The zero-order valence-electron chi connectivity index (χ0n) is 15.5. The van der Waals surface area contributed by atoms with E-state index in [1.54, 1.807) is 11.1 Å². The molecule has 142 valence electrons. The van der Waals surface area contributed by atoms with Crippen molar-refractivity contribution in [3.05, 3.63) is 47.3 Å². The number of hydrogen-bond donors (Lipinski definition) is 1. The number of pyridine rings is 1. The van der Waals surface area contributed by atoms with Gasteiger partial charge in [-0.05, 0) is 60.1 Å². The Morgan fingerprint density at radius 1 is 1.19 bits per heavy atom. The average Bonchev–Trinajstić information content (AvgIpc) is 2.63. The Hall–Kier alpha value is -2.25. The summed E-state index contributed by atoms with van der Waals surface area (Å²) < 4.78 is 26.2. The van der Waals surface area contributed by atoms with Crippen molar-refractivity contribution in [1.82, 2.24) is 9.71 Å². The van der Waals surface area contributed by atoms with E-state index in [-0.39, 0.29) is 11.9 Å². The number of carbonyl (C=O) groups is 1. The Labute approximate surface area is 159 Å². The molecule has 0 unspecified atom stereocenters. The summed E-state index contributed by atoms with van der Waals surface area (Å²) in [5, 5.41) is 0. The number of amides is 1. The summed E-state index contributed by atoms with van der Waals surface area (Å²) in [6.45, 7) is 0. The number of anilines is 1. The van der Waals surface area contributed by atoms with E-state index >= 15 is 0 Å². The zero-order chi connectivity index (χ0) is 19.2. The second-order valence-corrected chi connectivity index (χ2v) is 9.17. The normalized spacial score (nSPS) is 19.6. The number of fused-ring (bicyclic) bond motifs is 2. The molecule has 0 saturated carbocycles. The maximum atomic E-state index is 11.9. The first-order valence-corrected chi connectivity index (χ1v) is 11.1. The van der Waals surface area contributed by atoms with Crippen molar-refractivity contribution >= 4 is 21.6 Å². The molecule has 1 aliphatic heterocycles. The minimum Gasteiger partial charge on any atom is -0.315 e. The Morgan fingerprint density at radius 3 is 2.78 bits per heavy atom. The quantitative estimate of drug-likeness (QED) is 0.881. The number of benzene rings is 1. The van der Waals surface area contributed by atoms with Gasteiger partial charge in [0.15, 0.2) is 0 Å². The highest BCUT2D eigenvalue weighted by Crippen LogP contribution is 2.38. The van der Waals surface area contributed by atoms with Gasteiger partial charge in [0.1, 0.15) is 0 Å². The van der Waals surface area contributed by atoms with Crippen molar-refractivity contribution in [2.45, 2.75) is 38.1 Å². The molecule has 1 atom stereocenters. The lowest BCUT2D eigenvalue weighted by molar-refractivity contribution is -0.118. The van der Waals surface area contributed by atoms with E-state index in [1.165, 1.54) is 6.26 Å². The van der Waals surface area contributed by atoms with Gasteiger partial charge in [-0.15, -0.1) is 0 Å². The highest BCUT2D eigenvalue weighted by molar-refractivity contribution is 7.88. The van der Waals surface area contributed by atoms with Crippen molar-refractivity contribution in [2.75, 3.05) is 18.2 Å². The van der Waals surface area contributed by atoms with Gasteiger partial charge in [0.2, 0.25) is 15.9 Å². The molecule has 4 rings (SSSR count). The van der Waals surface area contributed by atoms with Crippen molar-refractivity contribution in [3.8, 4) is 11.1 Å². The zero-order valence-corrected chi connectivity index (χ0v) is 16.3. The van der Waals surface area contributed by atoms with E-state index in [1.807, 2.05) is 25.4 Å². The van der Waals surface area contributed by atoms with Gasteiger partial charge >= 0.3 is 0 Å². The van der Waals surface area contributed by atoms with Crippen LogP contribution in [0.25, 0.3) is 11.1 Å². The van der Waals surface area contributed by atoms with E-state index in [2.05, 4.69) is 15.8 Å². The van der Waals surface area contributed by atoms with Gasteiger partial charge in [-0.3, -0.25) is 9.78 Å². The minimum atomic E-state index is -3.28. The van der Waals surface area contributed by atoms with E-state index in [0.29, 0.717) is 6.42 Å². The maximum Gasteiger partial charge on any atom is 0.227 e. The lowest BCUT2D eigenvalue weighted by atomic mass is 9.84. The molecule has 6 nitrogen and oxygen atoms in total. The summed E-state index contributed by atoms with van der Waals surface area (Å²) >= 11 is 0. The van der Waals surface area contributed by atoms with Crippen LogP contribution >= 0.6 is 0 Å². The van der Waals surface area contributed by atoms with Crippen molar-refractivity contribution in [2.24, 2.45) is 0 Å². The summed E-state index contributed by atoms with van der Waals surface area (Å²) in [7, 11) is -1.47. The Kier molecular flexibility index (Phi) is 4.52. The number of sulfonamides is 1. The lowest BCUT2D eigenvalue weighted by Gasteiger charge is -2.28. The van der Waals surface area contributed by atoms with Crippen LogP contribution in [0.3, 0.4) is 0 Å². The van der Waals surface area contributed by atoms with Crippen LogP contribution in [0.5, 0.6) is 0 Å². The second-order valence-electron chi connectivity index (χ2n) is 7.39. The first-order valence-electron chi connectivity index (χ1n) is 9.17. The number of nitrogens with one attached hydrogen (secondary N) is 1. The monoisotopic (exact) mass is 385 g/mol. The molecule has 1 aromatic carbocycles. The molecule has 0 radical (unpaired) electrons. The predicted octanol–water partition coefficient (Wildman–Crippen LogP) is 2.58. The molecule has 1 amide bonds. The van der Waals surface area contributed by atoms with E-state index in [4.69, 9.17) is 0 Å². The summed E-state index contributed by atoms with van der Waals surface area (Å²) in [4.78, 5) is 18.0. The summed E-state index contributed by atoms with van der Waals surface area (Å²) in [5.74, 6) is 0.142.